The Morgan fingerprint density at radius 2 is 2.00 bits per heavy atom. The zero-order valence-corrected chi connectivity index (χ0v) is 16.5. The number of rotatable bonds is 7. The normalized spacial score (nSPS) is 26.7. The van der Waals surface area contributed by atoms with Crippen LogP contribution >= 0.6 is 0 Å². The predicted molar refractivity (Wildman–Crippen MR) is 106 cm³/mol. The van der Waals surface area contributed by atoms with E-state index in [-0.39, 0.29) is 0 Å². The van der Waals surface area contributed by atoms with E-state index in [2.05, 4.69) is 27.2 Å². The Labute approximate surface area is 162 Å². The molecule has 150 valence electrons. The minimum atomic E-state index is 0.659. The molecule has 4 fully saturated rings. The first-order valence-corrected chi connectivity index (χ1v) is 10.4. The van der Waals surface area contributed by atoms with Crippen LogP contribution in [0.15, 0.2) is 18.2 Å². The highest BCUT2D eigenvalue weighted by atomic mass is 16.5. The molecule has 0 radical (unpaired) electrons. The largest absolute Gasteiger partial charge is 0.493 e. The van der Waals surface area contributed by atoms with Crippen LogP contribution in [0.5, 0.6) is 11.5 Å². The van der Waals surface area contributed by atoms with Gasteiger partial charge in [0.05, 0.1) is 20.3 Å². The van der Waals surface area contributed by atoms with E-state index < -0.39 is 0 Å². The second-order valence-electron chi connectivity index (χ2n) is 8.03. The van der Waals surface area contributed by atoms with Crippen LogP contribution in [0.3, 0.4) is 0 Å². The van der Waals surface area contributed by atoms with E-state index in [0.29, 0.717) is 12.6 Å². The molecule has 4 heterocycles. The molecule has 2 bridgehead atoms. The van der Waals surface area contributed by atoms with Crippen molar-refractivity contribution >= 4 is 0 Å². The first-order chi connectivity index (χ1) is 13.3. The maximum Gasteiger partial charge on any atom is 0.161 e. The molecule has 0 aromatic heterocycles. The summed E-state index contributed by atoms with van der Waals surface area (Å²) in [6.45, 7) is 9.75. The number of methoxy groups -OCH3 is 1. The minimum Gasteiger partial charge on any atom is -0.493 e. The Morgan fingerprint density at radius 3 is 2.78 bits per heavy atom. The third kappa shape index (κ3) is 5.13. The molecule has 0 spiro atoms. The number of ether oxygens (including phenoxy) is 3. The lowest BCUT2D eigenvalue weighted by Gasteiger charge is -2.26. The summed E-state index contributed by atoms with van der Waals surface area (Å²) in [5.41, 5.74) is 1.30. The second-order valence-corrected chi connectivity index (χ2v) is 8.03. The fraction of sp³-hybridized carbons (Fsp3) is 0.714. The Kier molecular flexibility index (Phi) is 6.50. The van der Waals surface area contributed by atoms with Gasteiger partial charge in [-0.25, -0.2) is 0 Å². The molecule has 0 unspecified atom stereocenters. The van der Waals surface area contributed by atoms with Gasteiger partial charge in [-0.05, 0) is 43.0 Å². The Balaban J connectivity index is 1.35. The topological polar surface area (TPSA) is 46.2 Å². The van der Waals surface area contributed by atoms with Gasteiger partial charge in [-0.2, -0.15) is 0 Å². The van der Waals surface area contributed by atoms with Crippen molar-refractivity contribution in [2.75, 3.05) is 66.2 Å². The van der Waals surface area contributed by atoms with Gasteiger partial charge in [0.15, 0.2) is 11.5 Å². The van der Waals surface area contributed by atoms with Crippen LogP contribution < -0.4 is 14.8 Å². The highest BCUT2D eigenvalue weighted by Gasteiger charge is 2.28. The fourth-order valence-electron chi connectivity index (χ4n) is 4.47. The number of nitrogens with one attached hydrogen (secondary N) is 1. The maximum atomic E-state index is 6.10. The van der Waals surface area contributed by atoms with Crippen LogP contribution in [0.1, 0.15) is 18.4 Å². The standard InChI is InChI=1S/C21H33N3O3/c1-25-20-5-3-17(14-24-15-18-2-4-19(16-24)22-13-18)12-21(20)27-11-8-23-6-9-26-10-7-23/h3,5,12,18-19,22H,2,4,6-11,13-16H2,1H3/t18-,19-/m0/s1. The molecular formula is C21H33N3O3. The third-order valence-electron chi connectivity index (χ3n) is 6.02. The van der Waals surface area contributed by atoms with Gasteiger partial charge in [0.1, 0.15) is 6.61 Å². The average Bonchev–Trinajstić information content (AvgIpc) is 3.01. The zero-order valence-electron chi connectivity index (χ0n) is 16.5. The van der Waals surface area contributed by atoms with E-state index in [0.717, 1.165) is 63.4 Å². The van der Waals surface area contributed by atoms with Crippen molar-refractivity contribution in [2.24, 2.45) is 5.92 Å². The van der Waals surface area contributed by atoms with E-state index in [1.165, 1.54) is 31.5 Å². The van der Waals surface area contributed by atoms with E-state index in [9.17, 15) is 0 Å². The first kappa shape index (κ1) is 19.0. The van der Waals surface area contributed by atoms with Crippen LogP contribution in [0, 0.1) is 5.92 Å². The number of morpholine rings is 1. The van der Waals surface area contributed by atoms with Crippen molar-refractivity contribution in [3.05, 3.63) is 23.8 Å². The molecule has 4 saturated heterocycles. The molecule has 1 aromatic rings. The molecule has 6 heteroatoms. The van der Waals surface area contributed by atoms with E-state index in [4.69, 9.17) is 14.2 Å². The molecule has 1 N–H and O–H groups in total. The molecule has 27 heavy (non-hydrogen) atoms. The van der Waals surface area contributed by atoms with Gasteiger partial charge in [0.25, 0.3) is 0 Å². The summed E-state index contributed by atoms with van der Waals surface area (Å²) >= 11 is 0. The van der Waals surface area contributed by atoms with Crippen LogP contribution in [0.4, 0.5) is 0 Å². The molecule has 1 aromatic carbocycles. The Morgan fingerprint density at radius 1 is 1.11 bits per heavy atom. The van der Waals surface area contributed by atoms with Gasteiger partial charge < -0.3 is 19.5 Å². The molecule has 4 aliphatic heterocycles. The van der Waals surface area contributed by atoms with Gasteiger partial charge in [-0.1, -0.05) is 6.07 Å². The van der Waals surface area contributed by atoms with Gasteiger partial charge >= 0.3 is 0 Å². The van der Waals surface area contributed by atoms with Crippen molar-refractivity contribution < 1.29 is 14.2 Å². The molecule has 6 nitrogen and oxygen atoms in total. The smallest absolute Gasteiger partial charge is 0.161 e. The lowest BCUT2D eigenvalue weighted by atomic mass is 9.97. The van der Waals surface area contributed by atoms with Gasteiger partial charge in [0.2, 0.25) is 0 Å². The van der Waals surface area contributed by atoms with Gasteiger partial charge in [-0.3, -0.25) is 9.80 Å². The molecule has 2 atom stereocenters. The lowest BCUT2D eigenvalue weighted by Crippen LogP contribution is -2.39. The summed E-state index contributed by atoms with van der Waals surface area (Å²) < 4.78 is 17.0. The molecule has 5 rings (SSSR count). The van der Waals surface area contributed by atoms with Crippen LogP contribution in [0.25, 0.3) is 0 Å². The molecule has 4 aliphatic rings. The summed E-state index contributed by atoms with van der Waals surface area (Å²) in [4.78, 5) is 4.99. The van der Waals surface area contributed by atoms with Crippen LogP contribution in [-0.2, 0) is 11.3 Å². The number of hydrogen-bond donors (Lipinski definition) is 1. The van der Waals surface area contributed by atoms with Crippen molar-refractivity contribution in [1.29, 1.82) is 0 Å². The maximum absolute atomic E-state index is 6.10. The summed E-state index contributed by atoms with van der Waals surface area (Å²) in [6, 6.07) is 7.04. The number of nitrogens with zero attached hydrogens (tertiary/aromatic N) is 2. The van der Waals surface area contributed by atoms with Crippen molar-refractivity contribution in [1.82, 2.24) is 15.1 Å². The second kappa shape index (κ2) is 9.24. The average molecular weight is 376 g/mol. The van der Waals surface area contributed by atoms with Crippen molar-refractivity contribution in [2.45, 2.75) is 25.4 Å². The summed E-state index contributed by atoms with van der Waals surface area (Å²) in [6.07, 6.45) is 2.69. The van der Waals surface area contributed by atoms with Gasteiger partial charge in [0, 0.05) is 45.3 Å². The molecule has 0 aliphatic carbocycles. The molecule has 0 amide bonds. The lowest BCUT2D eigenvalue weighted by molar-refractivity contribution is 0.0321. The molecule has 0 saturated carbocycles. The molecular weight excluding hydrogens is 342 g/mol. The van der Waals surface area contributed by atoms with Crippen molar-refractivity contribution in [3.63, 3.8) is 0 Å². The van der Waals surface area contributed by atoms with E-state index >= 15 is 0 Å². The third-order valence-corrected chi connectivity index (χ3v) is 6.02. The van der Waals surface area contributed by atoms with Gasteiger partial charge in [-0.15, -0.1) is 0 Å². The Hall–Kier alpha value is -1.34. The quantitative estimate of drug-likeness (QED) is 0.781. The number of piperidine rings is 1. The highest BCUT2D eigenvalue weighted by molar-refractivity contribution is 5.43. The number of hydrogen-bond acceptors (Lipinski definition) is 6. The number of benzene rings is 1. The summed E-state index contributed by atoms with van der Waals surface area (Å²) in [7, 11) is 1.71. The van der Waals surface area contributed by atoms with E-state index in [1.54, 1.807) is 7.11 Å². The van der Waals surface area contributed by atoms with E-state index in [1.807, 2.05) is 6.07 Å². The monoisotopic (exact) mass is 375 g/mol. The Bertz CT molecular complexity index is 584. The van der Waals surface area contributed by atoms with Crippen molar-refractivity contribution in [3.8, 4) is 11.5 Å². The fourth-order valence-corrected chi connectivity index (χ4v) is 4.47. The summed E-state index contributed by atoms with van der Waals surface area (Å²) in [5, 5.41) is 3.69. The minimum absolute atomic E-state index is 0.659. The first-order valence-electron chi connectivity index (χ1n) is 10.4. The predicted octanol–water partition coefficient (Wildman–Crippen LogP) is 1.59. The van der Waals surface area contributed by atoms with Crippen LogP contribution in [0.2, 0.25) is 0 Å². The van der Waals surface area contributed by atoms with Crippen LogP contribution in [-0.4, -0.2) is 82.0 Å². The number of fused-ring (bicyclic) bond motifs is 4. The SMILES string of the molecule is COc1ccc(CN2C[C@H]3CC[C@@H](C2)NC3)cc1OCCN1CCOCC1. The highest BCUT2D eigenvalue weighted by Crippen LogP contribution is 2.29. The zero-order chi connectivity index (χ0) is 18.5. The summed E-state index contributed by atoms with van der Waals surface area (Å²) in [5.74, 6) is 2.48.